The average molecular weight is 224 g/mol. The van der Waals surface area contributed by atoms with Crippen molar-refractivity contribution in [2.75, 3.05) is 6.54 Å². The van der Waals surface area contributed by atoms with Gasteiger partial charge in [0.15, 0.2) is 0 Å². The number of hydrogen-bond acceptors (Lipinski definition) is 3. The number of carbonyl (C=O) groups is 1. The maximum absolute atomic E-state index is 11.6. The van der Waals surface area contributed by atoms with Gasteiger partial charge in [-0.15, -0.1) is 0 Å². The summed E-state index contributed by atoms with van der Waals surface area (Å²) in [5, 5.41) is 10.1. The number of hydrogen-bond donors (Lipinski definition) is 2. The molecule has 0 aromatic carbocycles. The van der Waals surface area contributed by atoms with Gasteiger partial charge in [-0.05, 0) is 19.4 Å². The molecule has 0 fully saturated rings. The minimum atomic E-state index is -0.179. The Labute approximate surface area is 96.2 Å². The number of nitrogens with one attached hydrogen (secondary N) is 2. The molecule has 0 bridgehead atoms. The van der Waals surface area contributed by atoms with Gasteiger partial charge in [0.2, 0.25) is 5.91 Å². The first-order valence-electron chi connectivity index (χ1n) is 5.63. The van der Waals surface area contributed by atoms with E-state index in [0.29, 0.717) is 6.54 Å². The van der Waals surface area contributed by atoms with Crippen molar-refractivity contribution in [1.29, 1.82) is 0 Å². The topological polar surface area (TPSA) is 59.0 Å². The summed E-state index contributed by atoms with van der Waals surface area (Å²) in [4.78, 5) is 11.6. The van der Waals surface area contributed by atoms with Gasteiger partial charge in [-0.2, -0.15) is 5.10 Å². The Hall–Kier alpha value is -1.36. The number of rotatable bonds is 6. The van der Waals surface area contributed by atoms with E-state index in [1.54, 1.807) is 10.9 Å². The Morgan fingerprint density at radius 2 is 2.38 bits per heavy atom. The standard InChI is InChI=1S/C11H20N4O/c1-4-6-12-11(16)9(2)13-8-10-5-7-14-15(10)3/h5,7,9,13H,4,6,8H2,1-3H3,(H,12,16). The first-order valence-corrected chi connectivity index (χ1v) is 5.63. The molecular weight excluding hydrogens is 204 g/mol. The molecule has 1 atom stereocenters. The second kappa shape index (κ2) is 6.27. The molecule has 5 heteroatoms. The lowest BCUT2D eigenvalue weighted by Gasteiger charge is -2.13. The van der Waals surface area contributed by atoms with Crippen LogP contribution in [0.15, 0.2) is 12.3 Å². The number of amides is 1. The third-order valence-electron chi connectivity index (χ3n) is 2.45. The lowest BCUT2D eigenvalue weighted by molar-refractivity contribution is -0.122. The van der Waals surface area contributed by atoms with Crippen molar-refractivity contribution in [3.8, 4) is 0 Å². The van der Waals surface area contributed by atoms with Crippen LogP contribution in [0.5, 0.6) is 0 Å². The van der Waals surface area contributed by atoms with Gasteiger partial charge in [0.05, 0.1) is 11.7 Å². The van der Waals surface area contributed by atoms with Gasteiger partial charge in [-0.3, -0.25) is 9.48 Å². The van der Waals surface area contributed by atoms with Crippen molar-refractivity contribution in [1.82, 2.24) is 20.4 Å². The zero-order valence-corrected chi connectivity index (χ0v) is 10.2. The smallest absolute Gasteiger partial charge is 0.236 e. The maximum atomic E-state index is 11.6. The molecule has 0 spiro atoms. The van der Waals surface area contributed by atoms with Crippen LogP contribution in [0, 0.1) is 0 Å². The molecule has 1 rings (SSSR count). The Kier molecular flexibility index (Phi) is 4.98. The Balaban J connectivity index is 2.32. The van der Waals surface area contributed by atoms with Gasteiger partial charge in [-0.1, -0.05) is 6.92 Å². The molecule has 1 amide bonds. The Bertz CT molecular complexity index is 334. The van der Waals surface area contributed by atoms with E-state index >= 15 is 0 Å². The van der Waals surface area contributed by atoms with Crippen LogP contribution in [-0.2, 0) is 18.4 Å². The largest absolute Gasteiger partial charge is 0.355 e. The van der Waals surface area contributed by atoms with Crippen LogP contribution in [0.1, 0.15) is 26.0 Å². The second-order valence-corrected chi connectivity index (χ2v) is 3.84. The number of carbonyl (C=O) groups excluding carboxylic acids is 1. The van der Waals surface area contributed by atoms with E-state index in [1.807, 2.05) is 27.0 Å². The van der Waals surface area contributed by atoms with Crippen LogP contribution in [0.2, 0.25) is 0 Å². The van der Waals surface area contributed by atoms with E-state index in [0.717, 1.165) is 18.7 Å². The highest BCUT2D eigenvalue weighted by Gasteiger charge is 2.11. The van der Waals surface area contributed by atoms with E-state index < -0.39 is 0 Å². The van der Waals surface area contributed by atoms with Gasteiger partial charge < -0.3 is 10.6 Å². The molecule has 0 aliphatic carbocycles. The van der Waals surface area contributed by atoms with Gasteiger partial charge in [0, 0.05) is 26.3 Å². The highest BCUT2D eigenvalue weighted by Crippen LogP contribution is 1.96. The molecule has 0 saturated heterocycles. The quantitative estimate of drug-likeness (QED) is 0.736. The van der Waals surface area contributed by atoms with Crippen molar-refractivity contribution in [2.24, 2.45) is 7.05 Å². The van der Waals surface area contributed by atoms with Crippen LogP contribution in [0.4, 0.5) is 0 Å². The van der Waals surface area contributed by atoms with Gasteiger partial charge >= 0.3 is 0 Å². The third kappa shape index (κ3) is 3.66. The summed E-state index contributed by atoms with van der Waals surface area (Å²) in [5.74, 6) is 0.0454. The number of aromatic nitrogens is 2. The van der Waals surface area contributed by atoms with E-state index in [4.69, 9.17) is 0 Å². The molecule has 1 heterocycles. The first-order chi connectivity index (χ1) is 7.65. The molecule has 16 heavy (non-hydrogen) atoms. The summed E-state index contributed by atoms with van der Waals surface area (Å²) < 4.78 is 1.80. The lowest BCUT2D eigenvalue weighted by atomic mass is 10.3. The van der Waals surface area contributed by atoms with Crippen molar-refractivity contribution < 1.29 is 4.79 Å². The van der Waals surface area contributed by atoms with Crippen LogP contribution in [0.3, 0.4) is 0 Å². The van der Waals surface area contributed by atoms with Crippen molar-refractivity contribution in [3.05, 3.63) is 18.0 Å². The monoisotopic (exact) mass is 224 g/mol. The normalized spacial score (nSPS) is 12.4. The van der Waals surface area contributed by atoms with E-state index in [9.17, 15) is 4.79 Å². The zero-order valence-electron chi connectivity index (χ0n) is 10.2. The molecule has 1 aromatic rings. The van der Waals surface area contributed by atoms with Crippen molar-refractivity contribution >= 4 is 5.91 Å². The minimum Gasteiger partial charge on any atom is -0.355 e. The van der Waals surface area contributed by atoms with Gasteiger partial charge in [0.25, 0.3) is 0 Å². The molecule has 1 unspecified atom stereocenters. The second-order valence-electron chi connectivity index (χ2n) is 3.84. The minimum absolute atomic E-state index is 0.0454. The number of nitrogens with zero attached hydrogens (tertiary/aromatic N) is 2. The summed E-state index contributed by atoms with van der Waals surface area (Å²) in [6.45, 7) is 5.28. The summed E-state index contributed by atoms with van der Waals surface area (Å²) in [6.07, 6.45) is 2.71. The Morgan fingerprint density at radius 3 is 2.94 bits per heavy atom. The fourth-order valence-electron chi connectivity index (χ4n) is 1.33. The molecule has 0 aliphatic rings. The Morgan fingerprint density at radius 1 is 1.62 bits per heavy atom. The van der Waals surface area contributed by atoms with Gasteiger partial charge in [-0.25, -0.2) is 0 Å². The van der Waals surface area contributed by atoms with Crippen LogP contribution < -0.4 is 10.6 Å². The molecular formula is C11H20N4O. The summed E-state index contributed by atoms with van der Waals surface area (Å²) in [5.41, 5.74) is 1.06. The molecule has 2 N–H and O–H groups in total. The van der Waals surface area contributed by atoms with Gasteiger partial charge in [0.1, 0.15) is 0 Å². The van der Waals surface area contributed by atoms with E-state index in [2.05, 4.69) is 15.7 Å². The van der Waals surface area contributed by atoms with Crippen molar-refractivity contribution in [2.45, 2.75) is 32.9 Å². The third-order valence-corrected chi connectivity index (χ3v) is 2.45. The molecule has 90 valence electrons. The molecule has 1 aromatic heterocycles. The summed E-state index contributed by atoms with van der Waals surface area (Å²) in [6, 6.07) is 1.75. The molecule has 0 saturated carbocycles. The SMILES string of the molecule is CCCNC(=O)C(C)NCc1ccnn1C. The highest BCUT2D eigenvalue weighted by atomic mass is 16.2. The van der Waals surface area contributed by atoms with Crippen LogP contribution >= 0.6 is 0 Å². The maximum Gasteiger partial charge on any atom is 0.236 e. The lowest BCUT2D eigenvalue weighted by Crippen LogP contribution is -2.42. The average Bonchev–Trinajstić information content (AvgIpc) is 2.68. The molecule has 0 aliphatic heterocycles. The fourth-order valence-corrected chi connectivity index (χ4v) is 1.33. The first kappa shape index (κ1) is 12.7. The predicted molar refractivity (Wildman–Crippen MR) is 62.8 cm³/mol. The number of aryl methyl sites for hydroxylation is 1. The highest BCUT2D eigenvalue weighted by molar-refractivity contribution is 5.81. The van der Waals surface area contributed by atoms with Crippen LogP contribution in [-0.4, -0.2) is 28.3 Å². The fraction of sp³-hybridized carbons (Fsp3) is 0.636. The molecule has 5 nitrogen and oxygen atoms in total. The summed E-state index contributed by atoms with van der Waals surface area (Å²) >= 11 is 0. The van der Waals surface area contributed by atoms with E-state index in [-0.39, 0.29) is 11.9 Å². The predicted octanol–water partition coefficient (Wildman–Crippen LogP) is 0.424. The van der Waals surface area contributed by atoms with E-state index in [1.165, 1.54) is 0 Å². The van der Waals surface area contributed by atoms with Crippen molar-refractivity contribution in [3.63, 3.8) is 0 Å². The summed E-state index contributed by atoms with van der Waals surface area (Å²) in [7, 11) is 1.89. The zero-order chi connectivity index (χ0) is 12.0. The van der Waals surface area contributed by atoms with Crippen LogP contribution in [0.25, 0.3) is 0 Å². The molecule has 0 radical (unpaired) electrons.